The predicted molar refractivity (Wildman–Crippen MR) is 24.2 cm³/mol. The van der Waals surface area contributed by atoms with Gasteiger partial charge in [0.15, 0.2) is 0 Å². The topological polar surface area (TPSA) is 56.3 Å². The Morgan fingerprint density at radius 1 is 0.714 bits per heavy atom. The molecule has 0 saturated heterocycles. The average molecular weight is 94.1 g/mol. The maximum absolute atomic E-state index is 3.72. The first kappa shape index (κ1) is 6.04. The summed E-state index contributed by atoms with van der Waals surface area (Å²) in [6, 6.07) is 0. The minimum Gasteiger partial charge on any atom is -0.262 e. The summed E-state index contributed by atoms with van der Waals surface area (Å²) in [5.74, 6) is 0. The van der Waals surface area contributed by atoms with Crippen molar-refractivity contribution in [2.45, 2.75) is 0 Å². The summed E-state index contributed by atoms with van der Waals surface area (Å²) in [6.07, 6.45) is 6.56. The molecule has 0 saturated carbocycles. The third-order valence-corrected chi connectivity index (χ3v) is 0.478. The summed E-state index contributed by atoms with van der Waals surface area (Å²) in [6.45, 7) is 0. The van der Waals surface area contributed by atoms with E-state index in [2.05, 4.69) is 9.97 Å². The highest BCUT2D eigenvalue weighted by Crippen LogP contribution is 1.65. The van der Waals surface area contributed by atoms with Gasteiger partial charge in [-0.05, 0) is 0 Å². The van der Waals surface area contributed by atoms with Gasteiger partial charge in [-0.25, -0.2) is 0 Å². The SMILES string of the molecule is [N].c1cnccn1. The number of hydrogen-bond acceptors (Lipinski definition) is 2. The van der Waals surface area contributed by atoms with Gasteiger partial charge >= 0.3 is 0 Å². The molecule has 1 rings (SSSR count). The first-order valence-corrected chi connectivity index (χ1v) is 1.70. The summed E-state index contributed by atoms with van der Waals surface area (Å²) < 4.78 is 0. The first-order valence-electron chi connectivity index (χ1n) is 1.70. The lowest BCUT2D eigenvalue weighted by Gasteiger charge is -1.70. The number of rotatable bonds is 0. The molecule has 1 aromatic heterocycles. The Morgan fingerprint density at radius 2 is 1.00 bits per heavy atom. The average Bonchev–Trinajstić information content (AvgIpc) is 1.72. The second-order valence-electron chi connectivity index (χ2n) is 0.894. The normalized spacial score (nSPS) is 6.86. The third kappa shape index (κ3) is 1.83. The van der Waals surface area contributed by atoms with Crippen molar-refractivity contribution in [3.05, 3.63) is 24.8 Å². The fourth-order valence-corrected chi connectivity index (χ4v) is 0.253. The molecular weight excluding hydrogens is 90.1 g/mol. The van der Waals surface area contributed by atoms with E-state index in [4.69, 9.17) is 0 Å². The van der Waals surface area contributed by atoms with Gasteiger partial charge in [-0.3, -0.25) is 9.97 Å². The maximum Gasteiger partial charge on any atom is 0.0451 e. The van der Waals surface area contributed by atoms with Gasteiger partial charge in [0, 0.05) is 30.9 Å². The molecule has 0 aliphatic carbocycles. The molecule has 0 aliphatic rings. The van der Waals surface area contributed by atoms with E-state index in [1.165, 1.54) is 0 Å². The Hall–Kier alpha value is -0.960. The largest absolute Gasteiger partial charge is 0.262 e. The Bertz CT molecular complexity index is 78.9. The smallest absolute Gasteiger partial charge is 0.0451 e. The van der Waals surface area contributed by atoms with Crippen LogP contribution in [0.25, 0.3) is 0 Å². The van der Waals surface area contributed by atoms with Crippen molar-refractivity contribution in [1.29, 1.82) is 0 Å². The molecular formula is C4H4N3. The van der Waals surface area contributed by atoms with E-state index in [9.17, 15) is 0 Å². The second-order valence-corrected chi connectivity index (χ2v) is 0.894. The molecule has 3 nitrogen and oxygen atoms in total. The molecule has 1 aromatic rings. The van der Waals surface area contributed by atoms with E-state index in [-0.39, 0.29) is 6.15 Å². The third-order valence-electron chi connectivity index (χ3n) is 0.478. The van der Waals surface area contributed by atoms with Gasteiger partial charge in [-0.1, -0.05) is 0 Å². The molecule has 0 amide bonds. The molecule has 0 aromatic carbocycles. The van der Waals surface area contributed by atoms with Crippen LogP contribution in [-0.2, 0) is 0 Å². The van der Waals surface area contributed by atoms with Crippen LogP contribution >= 0.6 is 0 Å². The molecule has 0 N–H and O–H groups in total. The van der Waals surface area contributed by atoms with Crippen LogP contribution in [0.3, 0.4) is 0 Å². The molecule has 0 fully saturated rings. The zero-order valence-corrected chi connectivity index (χ0v) is 3.65. The molecule has 0 atom stereocenters. The summed E-state index contributed by atoms with van der Waals surface area (Å²) in [4.78, 5) is 7.44. The first-order chi connectivity index (χ1) is 3.00. The fourth-order valence-electron chi connectivity index (χ4n) is 0.253. The predicted octanol–water partition coefficient (Wildman–Crippen LogP) is -0.00400. The minimum atomic E-state index is 0. The number of nitrogens with zero attached hydrogens (tertiary/aromatic N) is 3. The standard InChI is InChI=1S/C4H4N2.N/c1-2-6-4-3-5-1;/h1-4H;. The van der Waals surface area contributed by atoms with Crippen LogP contribution in [0.1, 0.15) is 0 Å². The van der Waals surface area contributed by atoms with Gasteiger partial charge in [0.1, 0.15) is 0 Å². The Morgan fingerprint density at radius 3 is 1.14 bits per heavy atom. The van der Waals surface area contributed by atoms with E-state index in [1.54, 1.807) is 24.8 Å². The molecule has 7 heavy (non-hydrogen) atoms. The molecule has 1 heterocycles. The lowest BCUT2D eigenvalue weighted by Crippen LogP contribution is -1.66. The molecule has 3 heteroatoms. The molecule has 35 valence electrons. The van der Waals surface area contributed by atoms with Crippen molar-refractivity contribution in [1.82, 2.24) is 16.1 Å². The Kier molecular flexibility index (Phi) is 2.79. The van der Waals surface area contributed by atoms with E-state index < -0.39 is 0 Å². The molecule has 0 aliphatic heterocycles. The van der Waals surface area contributed by atoms with E-state index >= 15 is 0 Å². The molecule has 0 unspecified atom stereocenters. The van der Waals surface area contributed by atoms with Gasteiger partial charge < -0.3 is 0 Å². The van der Waals surface area contributed by atoms with Gasteiger partial charge in [0.25, 0.3) is 0 Å². The monoisotopic (exact) mass is 94.0 g/mol. The van der Waals surface area contributed by atoms with Crippen LogP contribution in [0.5, 0.6) is 0 Å². The number of hydrogen-bond donors (Lipinski definition) is 0. The van der Waals surface area contributed by atoms with Crippen LogP contribution in [0.2, 0.25) is 0 Å². The summed E-state index contributed by atoms with van der Waals surface area (Å²) in [5, 5.41) is 0. The van der Waals surface area contributed by atoms with Crippen LogP contribution < -0.4 is 6.15 Å². The van der Waals surface area contributed by atoms with Crippen molar-refractivity contribution in [2.75, 3.05) is 0 Å². The molecule has 3 radical (unpaired) electrons. The van der Waals surface area contributed by atoms with Crippen LogP contribution in [0.15, 0.2) is 24.8 Å². The van der Waals surface area contributed by atoms with Gasteiger partial charge in [-0.2, -0.15) is 0 Å². The molecule has 0 bridgehead atoms. The van der Waals surface area contributed by atoms with Crippen LogP contribution in [-0.4, -0.2) is 9.97 Å². The number of aromatic nitrogens is 2. The van der Waals surface area contributed by atoms with Gasteiger partial charge in [0.2, 0.25) is 0 Å². The van der Waals surface area contributed by atoms with E-state index in [0.29, 0.717) is 0 Å². The highest BCUT2D eigenvalue weighted by Gasteiger charge is 1.59. The van der Waals surface area contributed by atoms with Crippen molar-refractivity contribution in [2.24, 2.45) is 0 Å². The highest BCUT2D eigenvalue weighted by atomic mass is 14.7. The fraction of sp³-hybridized carbons (Fsp3) is 0. The van der Waals surface area contributed by atoms with E-state index in [1.807, 2.05) is 0 Å². The lowest BCUT2D eigenvalue weighted by molar-refractivity contribution is 1.20. The van der Waals surface area contributed by atoms with Gasteiger partial charge in [0.05, 0.1) is 0 Å². The van der Waals surface area contributed by atoms with E-state index in [0.717, 1.165) is 0 Å². The lowest BCUT2D eigenvalue weighted by atomic mass is 10.8. The Balaban J connectivity index is 0.000000360. The van der Waals surface area contributed by atoms with Crippen molar-refractivity contribution in [3.8, 4) is 0 Å². The van der Waals surface area contributed by atoms with Crippen molar-refractivity contribution in [3.63, 3.8) is 0 Å². The highest BCUT2D eigenvalue weighted by molar-refractivity contribution is 4.70. The summed E-state index contributed by atoms with van der Waals surface area (Å²) >= 11 is 0. The van der Waals surface area contributed by atoms with Crippen molar-refractivity contribution < 1.29 is 0 Å². The zero-order valence-electron chi connectivity index (χ0n) is 3.65. The summed E-state index contributed by atoms with van der Waals surface area (Å²) in [7, 11) is 0. The zero-order chi connectivity index (χ0) is 4.24. The quantitative estimate of drug-likeness (QED) is 0.454. The van der Waals surface area contributed by atoms with Crippen LogP contribution in [0.4, 0.5) is 0 Å². The van der Waals surface area contributed by atoms with Gasteiger partial charge in [-0.15, -0.1) is 0 Å². The summed E-state index contributed by atoms with van der Waals surface area (Å²) in [5.41, 5.74) is 0. The molecule has 0 spiro atoms. The second kappa shape index (κ2) is 3.24. The maximum atomic E-state index is 3.72. The van der Waals surface area contributed by atoms with Crippen molar-refractivity contribution >= 4 is 0 Å². The minimum absolute atomic E-state index is 0. The Labute approximate surface area is 42.0 Å². The van der Waals surface area contributed by atoms with Crippen LogP contribution in [0, 0.1) is 0 Å².